The number of halogens is 5. The lowest BCUT2D eigenvalue weighted by atomic mass is 9.97. The number of aromatic nitrogens is 1. The largest absolute Gasteiger partial charge is 0.407 e. The molecule has 0 fully saturated rings. The van der Waals surface area contributed by atoms with Crippen molar-refractivity contribution >= 4 is 39.2 Å². The lowest BCUT2D eigenvalue weighted by molar-refractivity contribution is -0.148. The molecule has 0 unspecified atom stereocenters. The fourth-order valence-corrected chi connectivity index (χ4v) is 2.71. The molecule has 2 N–H and O–H groups in total. The zero-order valence-corrected chi connectivity index (χ0v) is 14.9. The first-order valence-corrected chi connectivity index (χ1v) is 7.39. The highest BCUT2D eigenvalue weighted by Gasteiger charge is 2.39. The van der Waals surface area contributed by atoms with Crippen LogP contribution in [0.4, 0.5) is 13.2 Å². The fourth-order valence-electron chi connectivity index (χ4n) is 2.36. The molecule has 0 bridgehead atoms. The van der Waals surface area contributed by atoms with E-state index in [0.29, 0.717) is 11.9 Å². The van der Waals surface area contributed by atoms with Crippen LogP contribution in [0.2, 0.25) is 0 Å². The quantitative estimate of drug-likeness (QED) is 0.717. The molecule has 2 nitrogen and oxygen atoms in total. The highest BCUT2D eigenvalue weighted by atomic mass is 79.9. The van der Waals surface area contributed by atoms with Gasteiger partial charge in [0.05, 0.1) is 0 Å². The van der Waals surface area contributed by atoms with E-state index >= 15 is 0 Å². The summed E-state index contributed by atoms with van der Waals surface area (Å²) in [5.74, 6) is 0. The molecule has 0 amide bonds. The van der Waals surface area contributed by atoms with Gasteiger partial charge in [0.1, 0.15) is 6.04 Å². The van der Waals surface area contributed by atoms with Gasteiger partial charge in [0, 0.05) is 33.7 Å². The Kier molecular flexibility index (Phi) is 5.64. The number of benzene rings is 1. The van der Waals surface area contributed by atoms with Crippen LogP contribution < -0.4 is 5.73 Å². The highest BCUT2D eigenvalue weighted by Crippen LogP contribution is 2.37. The Hall–Kier alpha value is -0.720. The average Bonchev–Trinajstić information content (AvgIpc) is 2.63. The second-order valence-corrected chi connectivity index (χ2v) is 7.37. The molecule has 2 rings (SSSR count). The molecule has 0 saturated carbocycles. The van der Waals surface area contributed by atoms with E-state index in [0.717, 1.165) is 9.99 Å². The van der Waals surface area contributed by atoms with Gasteiger partial charge in [0.25, 0.3) is 0 Å². The minimum absolute atomic E-state index is 0. The molecule has 1 atom stereocenters. The lowest BCUT2D eigenvalue weighted by Crippen LogP contribution is -2.28. The van der Waals surface area contributed by atoms with E-state index < -0.39 is 12.2 Å². The molecule has 0 aliphatic heterocycles. The smallest absolute Gasteiger partial charge is 0.347 e. The van der Waals surface area contributed by atoms with Gasteiger partial charge in [-0.2, -0.15) is 13.2 Å². The first kappa shape index (κ1) is 19.3. The number of hydrogen-bond acceptors (Lipinski definition) is 1. The van der Waals surface area contributed by atoms with E-state index in [4.69, 9.17) is 5.73 Å². The Bertz CT molecular complexity index is 659. The van der Waals surface area contributed by atoms with Crippen molar-refractivity contribution in [3.63, 3.8) is 0 Å². The second kappa shape index (κ2) is 6.42. The van der Waals surface area contributed by atoms with E-state index in [9.17, 15) is 13.2 Å². The van der Waals surface area contributed by atoms with Gasteiger partial charge >= 0.3 is 6.18 Å². The molecule has 124 valence electrons. The van der Waals surface area contributed by atoms with Gasteiger partial charge in [-0.3, -0.25) is 0 Å². The number of fused-ring (bicyclic) bond motifs is 1. The zero-order valence-electron chi connectivity index (χ0n) is 12.5. The maximum atomic E-state index is 12.9. The van der Waals surface area contributed by atoms with Gasteiger partial charge in [-0.1, -0.05) is 42.8 Å². The summed E-state index contributed by atoms with van der Waals surface area (Å²) in [4.78, 5) is 0. The third-order valence-electron chi connectivity index (χ3n) is 3.21. The molecular formula is C15H19BrClF3N2. The van der Waals surface area contributed by atoms with Crippen molar-refractivity contribution in [1.82, 2.24) is 4.57 Å². The van der Waals surface area contributed by atoms with Crippen LogP contribution in [-0.2, 0) is 6.54 Å². The third kappa shape index (κ3) is 4.18. The van der Waals surface area contributed by atoms with E-state index in [1.54, 1.807) is 12.1 Å². The maximum absolute atomic E-state index is 12.9. The Morgan fingerprint density at radius 3 is 2.32 bits per heavy atom. The summed E-state index contributed by atoms with van der Waals surface area (Å²) in [6, 6.07) is 3.27. The molecule has 2 aromatic rings. The van der Waals surface area contributed by atoms with E-state index in [2.05, 4.69) is 15.9 Å². The summed E-state index contributed by atoms with van der Waals surface area (Å²) in [7, 11) is 0. The molecule has 0 aliphatic carbocycles. The minimum Gasteiger partial charge on any atom is -0.347 e. The van der Waals surface area contributed by atoms with Crippen LogP contribution in [0, 0.1) is 5.41 Å². The molecular weight excluding hydrogens is 381 g/mol. The Morgan fingerprint density at radius 1 is 1.23 bits per heavy atom. The zero-order chi connectivity index (χ0) is 16.0. The van der Waals surface area contributed by atoms with Crippen molar-refractivity contribution in [1.29, 1.82) is 0 Å². The van der Waals surface area contributed by atoms with Crippen LogP contribution in [0.5, 0.6) is 0 Å². The SMILES string of the molecule is CC(C)(C)Cn1cc([C@H](N)C(F)(F)F)c2ccc(Br)cc21.Cl. The van der Waals surface area contributed by atoms with Crippen LogP contribution >= 0.6 is 28.3 Å². The van der Waals surface area contributed by atoms with Crippen LogP contribution in [0.25, 0.3) is 10.9 Å². The van der Waals surface area contributed by atoms with Gasteiger partial charge in [-0.25, -0.2) is 0 Å². The number of hydrogen-bond donors (Lipinski definition) is 1. The van der Waals surface area contributed by atoms with Crippen molar-refractivity contribution in [2.45, 2.75) is 39.5 Å². The number of alkyl halides is 3. The van der Waals surface area contributed by atoms with Gasteiger partial charge in [0.2, 0.25) is 0 Å². The van der Waals surface area contributed by atoms with Gasteiger partial charge in [0.15, 0.2) is 0 Å². The topological polar surface area (TPSA) is 30.9 Å². The van der Waals surface area contributed by atoms with Crippen molar-refractivity contribution in [2.75, 3.05) is 0 Å². The van der Waals surface area contributed by atoms with Crippen LogP contribution in [-0.4, -0.2) is 10.7 Å². The Balaban J connectivity index is 0.00000242. The summed E-state index contributed by atoms with van der Waals surface area (Å²) < 4.78 is 41.5. The average molecular weight is 400 g/mol. The maximum Gasteiger partial charge on any atom is 0.407 e. The Morgan fingerprint density at radius 2 is 1.82 bits per heavy atom. The molecule has 1 aromatic heterocycles. The number of nitrogens with two attached hydrogens (primary N) is 1. The number of rotatable bonds is 2. The summed E-state index contributed by atoms with van der Waals surface area (Å²) in [6.45, 7) is 6.74. The van der Waals surface area contributed by atoms with E-state index in [-0.39, 0.29) is 23.4 Å². The van der Waals surface area contributed by atoms with Crippen molar-refractivity contribution in [3.8, 4) is 0 Å². The molecule has 0 spiro atoms. The fraction of sp³-hybridized carbons (Fsp3) is 0.467. The van der Waals surface area contributed by atoms with Gasteiger partial charge in [-0.05, 0) is 17.5 Å². The molecule has 7 heteroatoms. The molecule has 0 radical (unpaired) electrons. The van der Waals surface area contributed by atoms with E-state index in [1.165, 1.54) is 6.20 Å². The second-order valence-electron chi connectivity index (χ2n) is 6.45. The van der Waals surface area contributed by atoms with Crippen LogP contribution in [0.15, 0.2) is 28.9 Å². The first-order valence-electron chi connectivity index (χ1n) is 6.59. The predicted molar refractivity (Wildman–Crippen MR) is 89.3 cm³/mol. The molecule has 1 heterocycles. The van der Waals surface area contributed by atoms with E-state index in [1.807, 2.05) is 31.4 Å². The summed E-state index contributed by atoms with van der Waals surface area (Å²) in [6.07, 6.45) is -2.92. The number of nitrogens with zero attached hydrogens (tertiary/aromatic N) is 1. The molecule has 0 aliphatic rings. The lowest BCUT2D eigenvalue weighted by Gasteiger charge is -2.20. The third-order valence-corrected chi connectivity index (χ3v) is 3.70. The van der Waals surface area contributed by atoms with Gasteiger partial charge < -0.3 is 10.3 Å². The summed E-state index contributed by atoms with van der Waals surface area (Å²) >= 11 is 3.37. The first-order chi connectivity index (χ1) is 9.49. The standard InChI is InChI=1S/C15H18BrF3N2.ClH/c1-14(2,3)8-21-7-11(13(20)15(17,18)19)10-5-4-9(16)6-12(10)21;/h4-7,13H,8,20H2,1-3H3;1H/t13-;/m0./s1. The van der Waals surface area contributed by atoms with Crippen molar-refractivity contribution in [3.05, 3.63) is 34.4 Å². The van der Waals surface area contributed by atoms with Crippen molar-refractivity contribution < 1.29 is 13.2 Å². The molecule has 1 aromatic carbocycles. The summed E-state index contributed by atoms with van der Waals surface area (Å²) in [5.41, 5.74) is 6.23. The van der Waals surface area contributed by atoms with Crippen molar-refractivity contribution in [2.24, 2.45) is 11.1 Å². The normalized spacial score (nSPS) is 14.0. The minimum atomic E-state index is -4.45. The molecule has 22 heavy (non-hydrogen) atoms. The molecule has 0 saturated heterocycles. The van der Waals surface area contributed by atoms with Crippen LogP contribution in [0.1, 0.15) is 32.4 Å². The highest BCUT2D eigenvalue weighted by molar-refractivity contribution is 9.10. The Labute approximate surface area is 142 Å². The predicted octanol–water partition coefficient (Wildman–Crippen LogP) is 5.43. The summed E-state index contributed by atoms with van der Waals surface area (Å²) in [5, 5.41) is 0.548. The van der Waals surface area contributed by atoms with Gasteiger partial charge in [-0.15, -0.1) is 12.4 Å². The monoisotopic (exact) mass is 398 g/mol. The van der Waals surface area contributed by atoms with Crippen LogP contribution in [0.3, 0.4) is 0 Å².